The van der Waals surface area contributed by atoms with Gasteiger partial charge in [0.1, 0.15) is 0 Å². The molecule has 2 aromatic carbocycles. The molecule has 22 heavy (non-hydrogen) atoms. The molecule has 2 nitrogen and oxygen atoms in total. The maximum absolute atomic E-state index is 13.2. The Balaban J connectivity index is 2.25. The quantitative estimate of drug-likeness (QED) is 0.855. The average Bonchev–Trinajstić information content (AvgIpc) is 2.47. The van der Waals surface area contributed by atoms with Crippen molar-refractivity contribution in [2.24, 2.45) is 5.92 Å². The van der Waals surface area contributed by atoms with Crippen LogP contribution in [-0.2, 0) is 4.79 Å². The number of thioether (sulfide) groups is 1. The van der Waals surface area contributed by atoms with Crippen LogP contribution in [0.1, 0.15) is 11.7 Å². The van der Waals surface area contributed by atoms with Gasteiger partial charge < -0.3 is 5.11 Å². The molecule has 0 aromatic heterocycles. The molecule has 0 unspecified atom stereocenters. The molecule has 1 N–H and O–H groups in total. The van der Waals surface area contributed by atoms with Crippen LogP contribution in [0.2, 0.25) is 0 Å². The minimum atomic E-state index is -4.83. The second kappa shape index (κ2) is 6.98. The minimum absolute atomic E-state index is 0.0619. The fourth-order valence-electron chi connectivity index (χ4n) is 1.95. The van der Waals surface area contributed by atoms with Crippen LogP contribution in [0.3, 0.4) is 0 Å². The van der Waals surface area contributed by atoms with Crippen LogP contribution < -0.4 is 0 Å². The Labute approximate surface area is 130 Å². The van der Waals surface area contributed by atoms with E-state index < -0.39 is 23.3 Å². The molecule has 6 heteroatoms. The fourth-order valence-corrected chi connectivity index (χ4v) is 2.87. The third kappa shape index (κ3) is 4.11. The molecular weight excluding hydrogens is 313 g/mol. The number of carbonyl (C=O) groups is 1. The smallest absolute Gasteiger partial charge is 0.387 e. The maximum atomic E-state index is 13.2. The Kier molecular flexibility index (Phi) is 5.26. The predicted molar refractivity (Wildman–Crippen MR) is 78.3 cm³/mol. The predicted octanol–water partition coefficient (Wildman–Crippen LogP) is 4.22. The summed E-state index contributed by atoms with van der Waals surface area (Å²) >= 11 is 0.483. The number of rotatable bonds is 4. The summed E-state index contributed by atoms with van der Waals surface area (Å²) in [5.74, 6) is -2.47. The second-order valence-corrected chi connectivity index (χ2v) is 5.69. The molecule has 0 aliphatic carbocycles. The molecule has 2 rings (SSSR count). The average molecular weight is 326 g/mol. The van der Waals surface area contributed by atoms with Gasteiger partial charge >= 0.3 is 6.18 Å². The number of aliphatic hydroxyl groups excluding tert-OH is 1. The van der Waals surface area contributed by atoms with E-state index in [0.29, 0.717) is 16.7 Å². The van der Waals surface area contributed by atoms with Gasteiger partial charge in [-0.15, -0.1) is 0 Å². The SMILES string of the molecule is O=C(Sc1ccccc1)[C@@H]([C@@H](O)c1ccccc1)C(F)(F)F. The summed E-state index contributed by atoms with van der Waals surface area (Å²) < 4.78 is 39.6. The van der Waals surface area contributed by atoms with E-state index in [4.69, 9.17) is 0 Å². The van der Waals surface area contributed by atoms with Crippen molar-refractivity contribution in [2.75, 3.05) is 0 Å². The van der Waals surface area contributed by atoms with E-state index in [1.807, 2.05) is 0 Å². The van der Waals surface area contributed by atoms with Gasteiger partial charge in [-0.1, -0.05) is 60.3 Å². The lowest BCUT2D eigenvalue weighted by Crippen LogP contribution is -2.34. The Morgan fingerprint density at radius 2 is 1.45 bits per heavy atom. The zero-order valence-corrected chi connectivity index (χ0v) is 12.1. The van der Waals surface area contributed by atoms with E-state index >= 15 is 0 Å². The van der Waals surface area contributed by atoms with Crippen molar-refractivity contribution in [1.82, 2.24) is 0 Å². The topological polar surface area (TPSA) is 37.3 Å². The summed E-state index contributed by atoms with van der Waals surface area (Å²) in [6.07, 6.45) is -6.75. The minimum Gasteiger partial charge on any atom is -0.387 e. The monoisotopic (exact) mass is 326 g/mol. The first-order valence-corrected chi connectivity index (χ1v) is 7.27. The van der Waals surface area contributed by atoms with Crippen molar-refractivity contribution in [3.63, 3.8) is 0 Å². The number of halogens is 3. The Morgan fingerprint density at radius 3 is 1.95 bits per heavy atom. The van der Waals surface area contributed by atoms with Crippen LogP contribution >= 0.6 is 11.8 Å². The molecule has 0 saturated heterocycles. The summed E-state index contributed by atoms with van der Waals surface area (Å²) in [4.78, 5) is 12.5. The van der Waals surface area contributed by atoms with E-state index in [-0.39, 0.29) is 5.56 Å². The fraction of sp³-hybridized carbons (Fsp3) is 0.188. The number of benzene rings is 2. The number of carbonyl (C=O) groups excluding carboxylic acids is 1. The van der Waals surface area contributed by atoms with E-state index in [1.54, 1.807) is 36.4 Å². The van der Waals surface area contributed by atoms with Crippen molar-refractivity contribution in [1.29, 1.82) is 0 Å². The lowest BCUT2D eigenvalue weighted by atomic mass is 9.96. The highest BCUT2D eigenvalue weighted by molar-refractivity contribution is 8.13. The van der Waals surface area contributed by atoms with E-state index in [0.717, 1.165) is 0 Å². The number of hydrogen-bond acceptors (Lipinski definition) is 3. The van der Waals surface area contributed by atoms with Crippen LogP contribution in [0.25, 0.3) is 0 Å². The van der Waals surface area contributed by atoms with Crippen LogP contribution in [-0.4, -0.2) is 16.4 Å². The molecule has 0 spiro atoms. The molecule has 0 bridgehead atoms. The van der Waals surface area contributed by atoms with Crippen LogP contribution in [0.5, 0.6) is 0 Å². The molecule has 2 atom stereocenters. The van der Waals surface area contributed by atoms with Gasteiger partial charge in [0.15, 0.2) is 5.92 Å². The highest BCUT2D eigenvalue weighted by Crippen LogP contribution is 2.40. The van der Waals surface area contributed by atoms with Crippen LogP contribution in [0.4, 0.5) is 13.2 Å². The molecule has 0 amide bonds. The summed E-state index contributed by atoms with van der Waals surface area (Å²) in [7, 11) is 0. The van der Waals surface area contributed by atoms with Crippen molar-refractivity contribution in [3.8, 4) is 0 Å². The highest BCUT2D eigenvalue weighted by atomic mass is 32.2. The molecule has 2 aromatic rings. The van der Waals surface area contributed by atoms with E-state index in [2.05, 4.69) is 0 Å². The maximum Gasteiger partial charge on any atom is 0.402 e. The summed E-state index contributed by atoms with van der Waals surface area (Å²) in [6.45, 7) is 0. The van der Waals surface area contributed by atoms with Gasteiger partial charge in [0, 0.05) is 4.90 Å². The first-order chi connectivity index (χ1) is 10.4. The van der Waals surface area contributed by atoms with Gasteiger partial charge in [-0.2, -0.15) is 13.2 Å². The van der Waals surface area contributed by atoms with Gasteiger partial charge in [0.25, 0.3) is 0 Å². The van der Waals surface area contributed by atoms with Crippen molar-refractivity contribution in [2.45, 2.75) is 17.2 Å². The Hall–Kier alpha value is -1.79. The molecule has 0 aliphatic rings. The van der Waals surface area contributed by atoms with E-state index in [9.17, 15) is 23.1 Å². The van der Waals surface area contributed by atoms with Crippen molar-refractivity contribution >= 4 is 16.9 Å². The largest absolute Gasteiger partial charge is 0.402 e. The van der Waals surface area contributed by atoms with Gasteiger partial charge in [0.05, 0.1) is 6.10 Å². The molecule has 0 aliphatic heterocycles. The number of aliphatic hydroxyl groups is 1. The third-order valence-corrected chi connectivity index (χ3v) is 3.99. The van der Waals surface area contributed by atoms with Gasteiger partial charge in [0.2, 0.25) is 5.12 Å². The first kappa shape index (κ1) is 16.6. The first-order valence-electron chi connectivity index (χ1n) is 6.46. The lowest BCUT2D eigenvalue weighted by Gasteiger charge is -2.24. The Morgan fingerprint density at radius 1 is 0.955 bits per heavy atom. The van der Waals surface area contributed by atoms with Crippen molar-refractivity contribution < 1.29 is 23.1 Å². The summed E-state index contributed by atoms with van der Waals surface area (Å²) in [5.41, 5.74) is 0.0619. The zero-order chi connectivity index (χ0) is 16.2. The second-order valence-electron chi connectivity index (χ2n) is 4.61. The van der Waals surface area contributed by atoms with Gasteiger partial charge in [-0.25, -0.2) is 0 Å². The molecule has 116 valence electrons. The molecule has 0 fully saturated rings. The van der Waals surface area contributed by atoms with Gasteiger partial charge in [-0.3, -0.25) is 4.79 Å². The normalized spacial score (nSPS) is 14.4. The summed E-state index contributed by atoms with van der Waals surface area (Å²) in [5, 5.41) is 8.88. The van der Waals surface area contributed by atoms with E-state index in [1.165, 1.54) is 24.3 Å². The van der Waals surface area contributed by atoms with Crippen molar-refractivity contribution in [3.05, 3.63) is 66.2 Å². The number of hydrogen-bond donors (Lipinski definition) is 1. The van der Waals surface area contributed by atoms with Crippen LogP contribution in [0.15, 0.2) is 65.6 Å². The van der Waals surface area contributed by atoms with Crippen LogP contribution in [0, 0.1) is 5.92 Å². The number of alkyl halides is 3. The lowest BCUT2D eigenvalue weighted by molar-refractivity contribution is -0.197. The third-order valence-electron chi connectivity index (χ3n) is 3.03. The zero-order valence-electron chi connectivity index (χ0n) is 11.3. The molecular formula is C16H13F3O2S. The standard InChI is InChI=1S/C16H13F3O2S/c17-16(18,19)13(14(20)11-7-3-1-4-8-11)15(21)22-12-9-5-2-6-10-12/h1-10,13-14,20H/t13-,14+/m1/s1. The molecule has 0 radical (unpaired) electrons. The van der Waals surface area contributed by atoms with Gasteiger partial charge in [-0.05, 0) is 17.7 Å². The Bertz CT molecular complexity index is 614. The summed E-state index contributed by atoms with van der Waals surface area (Å²) in [6, 6.07) is 15.4. The molecule has 0 heterocycles. The molecule has 0 saturated carbocycles. The highest BCUT2D eigenvalue weighted by Gasteiger charge is 2.49.